The predicted octanol–water partition coefficient (Wildman–Crippen LogP) is 9.16. The van der Waals surface area contributed by atoms with Crippen LogP contribution in [-0.4, -0.2) is 9.55 Å². The molecule has 34 heavy (non-hydrogen) atoms. The second-order valence-corrected chi connectivity index (χ2v) is 10.3. The lowest BCUT2D eigenvalue weighted by Gasteiger charge is -2.09. The van der Waals surface area contributed by atoms with Crippen LogP contribution in [0, 0.1) is 0 Å². The Balaban J connectivity index is 0.947. The number of hydrogen-bond donors (Lipinski definition) is 0. The summed E-state index contributed by atoms with van der Waals surface area (Å²) in [5.41, 5.74) is 7.64. The summed E-state index contributed by atoms with van der Waals surface area (Å²) in [5.74, 6) is 0. The van der Waals surface area contributed by atoms with Crippen LogP contribution in [-0.2, 0) is 19.4 Å². The van der Waals surface area contributed by atoms with E-state index < -0.39 is 0 Å². The Morgan fingerprint density at radius 3 is 1.91 bits per heavy atom. The quantitative estimate of drug-likeness (QED) is 0.145. The van der Waals surface area contributed by atoms with Crippen LogP contribution in [0.25, 0.3) is 11.1 Å². The molecule has 0 bridgehead atoms. The minimum absolute atomic E-state index is 1.13. The third-order valence-electron chi connectivity index (χ3n) is 7.62. The third-order valence-corrected chi connectivity index (χ3v) is 7.62. The molecular formula is C32H44N2. The molecule has 2 heteroatoms. The summed E-state index contributed by atoms with van der Waals surface area (Å²) in [4.78, 5) is 4.10. The van der Waals surface area contributed by atoms with Gasteiger partial charge in [0.25, 0.3) is 0 Å². The number of aromatic nitrogens is 2. The van der Waals surface area contributed by atoms with Gasteiger partial charge in [-0.1, -0.05) is 120 Å². The van der Waals surface area contributed by atoms with Crippen molar-refractivity contribution in [2.24, 2.45) is 0 Å². The predicted molar refractivity (Wildman–Crippen MR) is 145 cm³/mol. The lowest BCUT2D eigenvalue weighted by atomic mass is 9.96. The molecule has 0 amide bonds. The standard InChI is InChI=1S/C32H44N2/c1(2-4-6-8-10-12-16-24-34-25-23-33-27-34)3-5-7-9-11-13-18-28-20-17-22-31-30-21-15-14-19-29(30)26-32(28)31/h14-15,17,19-23,25,27H,1-13,16,18,24,26H2. The van der Waals surface area contributed by atoms with Gasteiger partial charge in [-0.15, -0.1) is 0 Å². The van der Waals surface area contributed by atoms with Gasteiger partial charge in [0.05, 0.1) is 6.33 Å². The van der Waals surface area contributed by atoms with Crippen LogP contribution in [0.5, 0.6) is 0 Å². The Morgan fingerprint density at radius 2 is 1.24 bits per heavy atom. The maximum absolute atomic E-state index is 4.10. The zero-order valence-electron chi connectivity index (χ0n) is 21.2. The zero-order chi connectivity index (χ0) is 23.3. The smallest absolute Gasteiger partial charge is 0.0945 e. The lowest BCUT2D eigenvalue weighted by molar-refractivity contribution is 0.523. The van der Waals surface area contributed by atoms with E-state index in [1.807, 2.05) is 12.5 Å². The number of benzene rings is 2. The normalized spacial score (nSPS) is 12.1. The Labute approximate surface area is 207 Å². The molecule has 0 unspecified atom stereocenters. The van der Waals surface area contributed by atoms with Crippen molar-refractivity contribution in [2.75, 3.05) is 0 Å². The molecule has 0 aliphatic heterocycles. The molecule has 0 saturated heterocycles. The number of unbranched alkanes of at least 4 members (excludes halogenated alkanes) is 13. The summed E-state index contributed by atoms with van der Waals surface area (Å²) in [6.45, 7) is 1.13. The topological polar surface area (TPSA) is 17.8 Å². The van der Waals surface area contributed by atoms with Gasteiger partial charge in [-0.3, -0.25) is 0 Å². The molecule has 182 valence electrons. The molecule has 0 N–H and O–H groups in total. The zero-order valence-corrected chi connectivity index (χ0v) is 21.2. The summed E-state index contributed by atoms with van der Waals surface area (Å²) in [6.07, 6.45) is 27.9. The van der Waals surface area contributed by atoms with E-state index in [4.69, 9.17) is 0 Å². The van der Waals surface area contributed by atoms with Crippen molar-refractivity contribution in [3.8, 4) is 11.1 Å². The van der Waals surface area contributed by atoms with Crippen LogP contribution < -0.4 is 0 Å². The van der Waals surface area contributed by atoms with E-state index in [-0.39, 0.29) is 0 Å². The molecule has 1 aromatic heterocycles. The van der Waals surface area contributed by atoms with Crippen LogP contribution in [0.4, 0.5) is 0 Å². The average Bonchev–Trinajstić information content (AvgIpc) is 3.52. The Kier molecular flexibility index (Phi) is 10.3. The van der Waals surface area contributed by atoms with Crippen LogP contribution in [0.15, 0.2) is 61.2 Å². The maximum Gasteiger partial charge on any atom is 0.0945 e. The van der Waals surface area contributed by atoms with E-state index in [9.17, 15) is 0 Å². The highest BCUT2D eigenvalue weighted by atomic mass is 15.0. The Morgan fingerprint density at radius 1 is 0.618 bits per heavy atom. The highest BCUT2D eigenvalue weighted by Crippen LogP contribution is 2.38. The van der Waals surface area contributed by atoms with E-state index in [0.717, 1.165) is 13.0 Å². The van der Waals surface area contributed by atoms with Gasteiger partial charge in [0.2, 0.25) is 0 Å². The van der Waals surface area contributed by atoms with Crippen LogP contribution in [0.1, 0.15) is 107 Å². The Bertz CT molecular complexity index is 957. The van der Waals surface area contributed by atoms with E-state index in [2.05, 4.69) is 58.2 Å². The van der Waals surface area contributed by atoms with Gasteiger partial charge in [-0.25, -0.2) is 4.98 Å². The molecule has 2 nitrogen and oxygen atoms in total. The molecule has 0 spiro atoms. The van der Waals surface area contributed by atoms with Gasteiger partial charge in [0.1, 0.15) is 0 Å². The van der Waals surface area contributed by atoms with Gasteiger partial charge in [-0.05, 0) is 53.5 Å². The van der Waals surface area contributed by atoms with Gasteiger partial charge in [0, 0.05) is 18.9 Å². The van der Waals surface area contributed by atoms with Crippen molar-refractivity contribution >= 4 is 0 Å². The maximum atomic E-state index is 4.10. The first-order chi connectivity index (χ1) is 16.9. The van der Waals surface area contributed by atoms with Gasteiger partial charge in [-0.2, -0.15) is 0 Å². The van der Waals surface area contributed by atoms with Gasteiger partial charge < -0.3 is 4.57 Å². The number of imidazole rings is 1. The fraction of sp³-hybridized carbons (Fsp3) is 0.531. The molecule has 1 aliphatic rings. The highest BCUT2D eigenvalue weighted by molar-refractivity contribution is 5.77. The van der Waals surface area contributed by atoms with Crippen molar-refractivity contribution in [1.29, 1.82) is 0 Å². The Hall–Kier alpha value is -2.35. The number of rotatable bonds is 17. The third kappa shape index (κ3) is 7.58. The minimum atomic E-state index is 1.13. The second kappa shape index (κ2) is 14.1. The van der Waals surface area contributed by atoms with Crippen molar-refractivity contribution in [2.45, 2.75) is 109 Å². The van der Waals surface area contributed by atoms with Gasteiger partial charge >= 0.3 is 0 Å². The molecular weight excluding hydrogens is 412 g/mol. The molecule has 0 saturated carbocycles. The first-order valence-electron chi connectivity index (χ1n) is 14.1. The fourth-order valence-electron chi connectivity index (χ4n) is 5.61. The molecule has 0 fully saturated rings. The molecule has 1 heterocycles. The molecule has 4 rings (SSSR count). The molecule has 0 radical (unpaired) electrons. The van der Waals surface area contributed by atoms with Crippen molar-refractivity contribution in [1.82, 2.24) is 9.55 Å². The second-order valence-electron chi connectivity index (χ2n) is 10.3. The summed E-state index contributed by atoms with van der Waals surface area (Å²) in [5, 5.41) is 0. The summed E-state index contributed by atoms with van der Waals surface area (Å²) >= 11 is 0. The highest BCUT2D eigenvalue weighted by Gasteiger charge is 2.19. The number of aryl methyl sites for hydroxylation is 2. The molecule has 2 aromatic carbocycles. The van der Waals surface area contributed by atoms with Gasteiger partial charge in [0.15, 0.2) is 0 Å². The number of hydrogen-bond acceptors (Lipinski definition) is 1. The molecule has 3 aromatic rings. The van der Waals surface area contributed by atoms with E-state index in [0.29, 0.717) is 0 Å². The fourth-order valence-corrected chi connectivity index (χ4v) is 5.61. The summed E-state index contributed by atoms with van der Waals surface area (Å²) in [6, 6.07) is 15.9. The summed E-state index contributed by atoms with van der Waals surface area (Å²) < 4.78 is 2.19. The average molecular weight is 457 g/mol. The number of nitrogens with zero attached hydrogens (tertiary/aromatic N) is 2. The minimum Gasteiger partial charge on any atom is -0.337 e. The largest absolute Gasteiger partial charge is 0.337 e. The van der Waals surface area contributed by atoms with E-state index in [1.54, 1.807) is 11.1 Å². The molecule has 1 aliphatic carbocycles. The van der Waals surface area contributed by atoms with E-state index >= 15 is 0 Å². The summed E-state index contributed by atoms with van der Waals surface area (Å²) in [7, 11) is 0. The lowest BCUT2D eigenvalue weighted by Crippen LogP contribution is -1.94. The van der Waals surface area contributed by atoms with E-state index in [1.165, 1.54) is 113 Å². The SMILES string of the molecule is c1ccc2c(c1)Cc1c(CCCCCCCCCCCCCCCCn3ccnc3)cccc1-2. The van der Waals surface area contributed by atoms with Crippen molar-refractivity contribution < 1.29 is 0 Å². The van der Waals surface area contributed by atoms with Crippen molar-refractivity contribution in [3.05, 3.63) is 77.9 Å². The monoisotopic (exact) mass is 456 g/mol. The van der Waals surface area contributed by atoms with Crippen LogP contribution in [0.2, 0.25) is 0 Å². The molecule has 0 atom stereocenters. The van der Waals surface area contributed by atoms with Crippen molar-refractivity contribution in [3.63, 3.8) is 0 Å². The van der Waals surface area contributed by atoms with Crippen LogP contribution in [0.3, 0.4) is 0 Å². The first-order valence-corrected chi connectivity index (χ1v) is 14.1. The first kappa shape index (κ1) is 24.8. The van der Waals surface area contributed by atoms with Crippen LogP contribution >= 0.6 is 0 Å². The number of fused-ring (bicyclic) bond motifs is 3.